The third-order valence-corrected chi connectivity index (χ3v) is 4.28. The van der Waals surface area contributed by atoms with E-state index in [1.807, 2.05) is 6.26 Å². The molecule has 0 saturated heterocycles. The van der Waals surface area contributed by atoms with Gasteiger partial charge in [-0.25, -0.2) is 4.79 Å². The van der Waals surface area contributed by atoms with Crippen LogP contribution in [0.4, 0.5) is 5.69 Å². The summed E-state index contributed by atoms with van der Waals surface area (Å²) in [6.45, 7) is 2.03. The van der Waals surface area contributed by atoms with Crippen LogP contribution in [0.2, 0.25) is 0 Å². The van der Waals surface area contributed by atoms with Gasteiger partial charge in [-0.1, -0.05) is 0 Å². The maximum absolute atomic E-state index is 12.6. The van der Waals surface area contributed by atoms with E-state index in [0.717, 1.165) is 0 Å². The highest BCUT2D eigenvalue weighted by Gasteiger charge is 2.22. The Bertz CT molecular complexity index is 759. The van der Waals surface area contributed by atoms with E-state index in [0.29, 0.717) is 30.0 Å². The third-order valence-electron chi connectivity index (χ3n) is 3.64. The lowest BCUT2D eigenvalue weighted by atomic mass is 10.1. The molecule has 2 rings (SSSR count). The molecule has 0 spiro atoms. The van der Waals surface area contributed by atoms with Crippen LogP contribution in [0.15, 0.2) is 47.1 Å². The Morgan fingerprint density at radius 3 is 2.52 bits per heavy atom. The molecule has 27 heavy (non-hydrogen) atoms. The zero-order valence-corrected chi connectivity index (χ0v) is 16.0. The number of rotatable bonds is 9. The summed E-state index contributed by atoms with van der Waals surface area (Å²) in [5.41, 5.74) is 0.925. The highest BCUT2D eigenvalue weighted by molar-refractivity contribution is 7.98. The predicted molar refractivity (Wildman–Crippen MR) is 104 cm³/mol. The van der Waals surface area contributed by atoms with Gasteiger partial charge in [-0.3, -0.25) is 9.59 Å². The molecule has 0 fully saturated rings. The van der Waals surface area contributed by atoms with E-state index < -0.39 is 17.9 Å². The van der Waals surface area contributed by atoms with Crippen LogP contribution in [0, 0.1) is 0 Å². The minimum absolute atomic E-state index is 0.149. The molecule has 2 N–H and O–H groups in total. The Kier molecular flexibility index (Phi) is 7.94. The van der Waals surface area contributed by atoms with E-state index in [1.54, 1.807) is 49.0 Å². The molecule has 0 unspecified atom stereocenters. The van der Waals surface area contributed by atoms with Crippen molar-refractivity contribution in [3.63, 3.8) is 0 Å². The van der Waals surface area contributed by atoms with Gasteiger partial charge >= 0.3 is 5.97 Å². The molecule has 0 aliphatic heterocycles. The first-order valence-corrected chi connectivity index (χ1v) is 9.86. The van der Waals surface area contributed by atoms with Gasteiger partial charge in [0.25, 0.3) is 5.91 Å². The largest absolute Gasteiger partial charge is 0.462 e. The molecular formula is C19H22N2O5S. The summed E-state index contributed by atoms with van der Waals surface area (Å²) in [6.07, 6.45) is 3.80. The first-order chi connectivity index (χ1) is 13.0. The number of amides is 2. The second kappa shape index (κ2) is 10.4. The van der Waals surface area contributed by atoms with E-state index in [9.17, 15) is 14.4 Å². The van der Waals surface area contributed by atoms with Crippen molar-refractivity contribution >= 4 is 35.2 Å². The Hall–Kier alpha value is -2.74. The first kappa shape index (κ1) is 20.6. The van der Waals surface area contributed by atoms with Crippen LogP contribution in [0.25, 0.3) is 0 Å². The summed E-state index contributed by atoms with van der Waals surface area (Å²) in [4.78, 5) is 36.4. The minimum Gasteiger partial charge on any atom is -0.462 e. The maximum Gasteiger partial charge on any atom is 0.338 e. The number of carbonyl (C=O) groups excluding carboxylic acids is 3. The molecule has 1 heterocycles. The summed E-state index contributed by atoms with van der Waals surface area (Å²) >= 11 is 1.58. The quantitative estimate of drug-likeness (QED) is 0.639. The molecule has 8 heteroatoms. The monoisotopic (exact) mass is 390 g/mol. The van der Waals surface area contributed by atoms with E-state index in [1.165, 1.54) is 12.3 Å². The fraction of sp³-hybridized carbons (Fsp3) is 0.316. The Morgan fingerprint density at radius 1 is 1.19 bits per heavy atom. The molecular weight excluding hydrogens is 368 g/mol. The number of hydrogen-bond donors (Lipinski definition) is 2. The van der Waals surface area contributed by atoms with Gasteiger partial charge in [0.2, 0.25) is 5.91 Å². The van der Waals surface area contributed by atoms with Crippen LogP contribution in [0.5, 0.6) is 0 Å². The molecule has 0 bridgehead atoms. The summed E-state index contributed by atoms with van der Waals surface area (Å²) in [7, 11) is 0. The number of ether oxygens (including phenoxy) is 1. The molecule has 1 atom stereocenters. The lowest BCUT2D eigenvalue weighted by Crippen LogP contribution is -2.44. The van der Waals surface area contributed by atoms with E-state index in [-0.39, 0.29) is 11.7 Å². The number of thioether (sulfide) groups is 1. The van der Waals surface area contributed by atoms with E-state index in [4.69, 9.17) is 9.15 Å². The molecule has 7 nitrogen and oxygen atoms in total. The molecule has 0 aliphatic carbocycles. The van der Waals surface area contributed by atoms with Crippen LogP contribution >= 0.6 is 11.8 Å². The molecule has 144 valence electrons. The smallest absolute Gasteiger partial charge is 0.338 e. The number of anilines is 1. The number of furan rings is 1. The Labute approximate surface area is 161 Å². The first-order valence-electron chi connectivity index (χ1n) is 8.46. The zero-order chi connectivity index (χ0) is 19.6. The average Bonchev–Trinajstić information content (AvgIpc) is 3.20. The van der Waals surface area contributed by atoms with Crippen molar-refractivity contribution in [1.82, 2.24) is 5.32 Å². The lowest BCUT2D eigenvalue weighted by molar-refractivity contribution is -0.118. The van der Waals surface area contributed by atoms with Gasteiger partial charge in [0.1, 0.15) is 6.04 Å². The normalized spacial score (nSPS) is 11.5. The summed E-state index contributed by atoms with van der Waals surface area (Å²) in [5, 5.41) is 5.44. The standard InChI is InChI=1S/C19H22N2O5S/c1-3-25-19(24)13-6-8-14(9-7-13)20-17(22)15(10-12-27-2)21-18(23)16-5-4-11-26-16/h4-9,11,15H,3,10,12H2,1-2H3,(H,20,22)(H,21,23)/t15-/m0/s1. The summed E-state index contributed by atoms with van der Waals surface area (Å²) < 4.78 is 9.99. The van der Waals surface area contributed by atoms with Crippen molar-refractivity contribution in [2.75, 3.05) is 23.9 Å². The van der Waals surface area contributed by atoms with Gasteiger partial charge in [-0.05, 0) is 61.8 Å². The van der Waals surface area contributed by atoms with Crippen LogP contribution in [0.1, 0.15) is 34.3 Å². The van der Waals surface area contributed by atoms with Gasteiger partial charge in [-0.15, -0.1) is 0 Å². The number of benzene rings is 1. The van der Waals surface area contributed by atoms with Gasteiger partial charge in [0.05, 0.1) is 18.4 Å². The Morgan fingerprint density at radius 2 is 1.93 bits per heavy atom. The van der Waals surface area contributed by atoms with Crippen LogP contribution in [0.3, 0.4) is 0 Å². The molecule has 0 aliphatic rings. The van der Waals surface area contributed by atoms with Crippen molar-refractivity contribution in [2.45, 2.75) is 19.4 Å². The molecule has 2 amide bonds. The van der Waals surface area contributed by atoms with E-state index >= 15 is 0 Å². The van der Waals surface area contributed by atoms with Crippen LogP contribution in [-0.2, 0) is 9.53 Å². The highest BCUT2D eigenvalue weighted by atomic mass is 32.2. The number of hydrogen-bond acceptors (Lipinski definition) is 6. The maximum atomic E-state index is 12.6. The van der Waals surface area contributed by atoms with Crippen molar-refractivity contribution in [1.29, 1.82) is 0 Å². The fourth-order valence-electron chi connectivity index (χ4n) is 2.28. The number of carbonyl (C=O) groups is 3. The Balaban J connectivity index is 2.02. The van der Waals surface area contributed by atoms with Crippen molar-refractivity contribution in [3.8, 4) is 0 Å². The van der Waals surface area contributed by atoms with Gasteiger partial charge in [0, 0.05) is 5.69 Å². The average molecular weight is 390 g/mol. The lowest BCUT2D eigenvalue weighted by Gasteiger charge is -2.17. The molecule has 0 saturated carbocycles. The van der Waals surface area contributed by atoms with Crippen molar-refractivity contribution < 1.29 is 23.5 Å². The van der Waals surface area contributed by atoms with Crippen molar-refractivity contribution in [2.24, 2.45) is 0 Å². The summed E-state index contributed by atoms with van der Waals surface area (Å²) in [6, 6.07) is 8.82. The van der Waals surface area contributed by atoms with Crippen LogP contribution < -0.4 is 10.6 Å². The molecule has 2 aromatic rings. The SMILES string of the molecule is CCOC(=O)c1ccc(NC(=O)[C@H](CCSC)NC(=O)c2ccco2)cc1. The second-order valence-corrected chi connectivity index (χ2v) is 6.56. The topological polar surface area (TPSA) is 97.6 Å². The number of nitrogens with one attached hydrogen (secondary N) is 2. The van der Waals surface area contributed by atoms with E-state index in [2.05, 4.69) is 10.6 Å². The molecule has 1 aromatic carbocycles. The zero-order valence-electron chi connectivity index (χ0n) is 15.2. The fourth-order valence-corrected chi connectivity index (χ4v) is 2.75. The molecule has 1 aromatic heterocycles. The van der Waals surface area contributed by atoms with Crippen molar-refractivity contribution in [3.05, 3.63) is 54.0 Å². The highest BCUT2D eigenvalue weighted by Crippen LogP contribution is 2.12. The summed E-state index contributed by atoms with van der Waals surface area (Å²) in [5.74, 6) is -0.348. The molecule has 0 radical (unpaired) electrons. The van der Waals surface area contributed by atoms with Gasteiger partial charge < -0.3 is 19.8 Å². The second-order valence-electron chi connectivity index (χ2n) is 5.57. The van der Waals surface area contributed by atoms with Gasteiger partial charge in [0.15, 0.2) is 5.76 Å². The van der Waals surface area contributed by atoms with Gasteiger partial charge in [-0.2, -0.15) is 11.8 Å². The predicted octanol–water partition coefficient (Wildman–Crippen LogP) is 2.95. The third kappa shape index (κ3) is 6.18. The number of esters is 1. The minimum atomic E-state index is -0.709. The van der Waals surface area contributed by atoms with Crippen LogP contribution in [-0.4, -0.2) is 42.4 Å².